The summed E-state index contributed by atoms with van der Waals surface area (Å²) in [6.45, 7) is 2.61. The first-order valence-electron chi connectivity index (χ1n) is 21.6. The second kappa shape index (κ2) is 37.4. The van der Waals surface area contributed by atoms with E-state index in [-0.39, 0.29) is 12.8 Å². The summed E-state index contributed by atoms with van der Waals surface area (Å²) in [5, 5.41) is 21.8. The van der Waals surface area contributed by atoms with Crippen LogP contribution < -0.4 is 5.32 Å². The lowest BCUT2D eigenvalue weighted by Gasteiger charge is -2.18. The fraction of sp³-hybridized carbons (Fsp3) is 0.927. The molecule has 53 heavy (non-hydrogen) atoms. The average molecular weight is 778 g/mol. The fourth-order valence-electron chi connectivity index (χ4n) is 6.26. The lowest BCUT2D eigenvalue weighted by atomic mass is 10.0. The minimum Gasteiger partial charge on any atom is -0.480 e. The molecule has 0 radical (unpaired) electrons. The van der Waals surface area contributed by atoms with Crippen LogP contribution in [0.25, 0.3) is 0 Å². The number of phosphoric ester groups is 1. The summed E-state index contributed by atoms with van der Waals surface area (Å²) in [6.07, 6.45) is 34.1. The molecule has 12 heteroatoms. The van der Waals surface area contributed by atoms with E-state index in [2.05, 4.69) is 19.2 Å². The highest BCUT2D eigenvalue weighted by Gasteiger charge is 2.28. The predicted octanol–water partition coefficient (Wildman–Crippen LogP) is 10.7. The number of hydrogen-bond acceptors (Lipinski definition) is 8. The molecular weight excluding hydrogens is 697 g/mol. The summed E-state index contributed by atoms with van der Waals surface area (Å²) in [5.74, 6) is -2.35. The molecule has 3 atom stereocenters. The third-order valence-electron chi connectivity index (χ3n) is 9.65. The van der Waals surface area contributed by atoms with Crippen LogP contribution in [0.15, 0.2) is 0 Å². The normalized spacial score (nSPS) is 13.7. The van der Waals surface area contributed by atoms with Crippen LogP contribution in [-0.2, 0) is 32.7 Å². The minimum absolute atomic E-state index is 0.152. The van der Waals surface area contributed by atoms with Crippen LogP contribution in [0.3, 0.4) is 0 Å². The van der Waals surface area contributed by atoms with Crippen LogP contribution in [0.1, 0.15) is 213 Å². The molecule has 4 N–H and O–H groups in total. The van der Waals surface area contributed by atoms with Crippen LogP contribution in [0, 0.1) is 0 Å². The van der Waals surface area contributed by atoms with Crippen molar-refractivity contribution in [3.8, 4) is 0 Å². The molecule has 0 rings (SSSR count). The molecule has 0 bridgehead atoms. The van der Waals surface area contributed by atoms with Crippen molar-refractivity contribution < 1.29 is 47.8 Å². The number of nitrogens with one attached hydrogen (secondary N) is 1. The molecule has 0 fully saturated rings. The Hall–Kier alpha value is -1.52. The Kier molecular flexibility index (Phi) is 36.3. The number of carboxylic acid groups (broad SMARTS) is 1. The highest BCUT2D eigenvalue weighted by Crippen LogP contribution is 2.43. The number of carbonyl (C=O) groups excluding carboxylic acids is 2. The number of esters is 1. The van der Waals surface area contributed by atoms with Crippen molar-refractivity contribution >= 4 is 25.7 Å². The average Bonchev–Trinajstić information content (AvgIpc) is 3.13. The lowest BCUT2D eigenvalue weighted by molar-refractivity contribution is -0.147. The van der Waals surface area contributed by atoms with E-state index < -0.39 is 57.6 Å². The maximum absolute atomic E-state index is 12.3. The van der Waals surface area contributed by atoms with E-state index in [9.17, 15) is 34.1 Å². The number of phosphoric acid groups is 1. The van der Waals surface area contributed by atoms with Crippen LogP contribution >= 0.6 is 7.82 Å². The Bertz CT molecular complexity index is 921. The zero-order chi connectivity index (χ0) is 39.3. The van der Waals surface area contributed by atoms with Crippen molar-refractivity contribution in [2.45, 2.75) is 225 Å². The molecule has 1 amide bonds. The van der Waals surface area contributed by atoms with Crippen molar-refractivity contribution in [1.29, 1.82) is 0 Å². The number of aliphatic hydroxyl groups excluding tert-OH is 1. The van der Waals surface area contributed by atoms with Gasteiger partial charge in [0.05, 0.1) is 13.2 Å². The maximum Gasteiger partial charge on any atom is 0.472 e. The molecule has 0 aliphatic heterocycles. The summed E-state index contributed by atoms with van der Waals surface area (Å²) >= 11 is 0. The van der Waals surface area contributed by atoms with Crippen LogP contribution in [0.2, 0.25) is 0 Å². The highest BCUT2D eigenvalue weighted by molar-refractivity contribution is 7.47. The van der Waals surface area contributed by atoms with Crippen molar-refractivity contribution in [2.75, 3.05) is 19.8 Å². The largest absolute Gasteiger partial charge is 0.480 e. The molecule has 0 saturated heterocycles. The third-order valence-corrected chi connectivity index (χ3v) is 10.6. The smallest absolute Gasteiger partial charge is 0.472 e. The Balaban J connectivity index is 3.88. The molecule has 0 aliphatic rings. The summed E-state index contributed by atoms with van der Waals surface area (Å²) in [6, 6.07) is -1.54. The third kappa shape index (κ3) is 37.2. The van der Waals surface area contributed by atoms with Gasteiger partial charge in [-0.3, -0.25) is 18.6 Å². The van der Waals surface area contributed by atoms with Gasteiger partial charge in [0.25, 0.3) is 0 Å². The van der Waals surface area contributed by atoms with E-state index >= 15 is 0 Å². The number of hydrogen-bond donors (Lipinski definition) is 4. The highest BCUT2D eigenvalue weighted by atomic mass is 31.2. The molecule has 0 aromatic rings. The van der Waals surface area contributed by atoms with Crippen molar-refractivity contribution in [3.63, 3.8) is 0 Å². The standard InChI is InChI=1S/C41H80NO10P/c1-3-5-7-9-11-13-15-17-19-20-22-24-26-28-30-32-39(44)42-38(41(46)47)36-52-53(48,49)51-35-37(43)34-50-40(45)33-31-29-27-25-23-21-18-16-14-12-10-8-6-4-2/h37-38,43H,3-36H2,1-2H3,(H,42,44)(H,46,47)(H,48,49). The SMILES string of the molecule is CCCCCCCCCCCCCCCCCC(=O)NC(COP(=O)(O)OCC(O)COC(=O)CCCCCCCCCCCCCCCC)C(=O)O. The van der Waals surface area contributed by atoms with E-state index in [1.54, 1.807) is 0 Å². The topological polar surface area (TPSA) is 169 Å². The van der Waals surface area contributed by atoms with Gasteiger partial charge in [0.2, 0.25) is 5.91 Å². The quantitative estimate of drug-likeness (QED) is 0.0266. The molecule has 0 aromatic heterocycles. The number of unbranched alkanes of at least 4 members (excludes halogenated alkanes) is 27. The van der Waals surface area contributed by atoms with Gasteiger partial charge in [-0.15, -0.1) is 0 Å². The summed E-state index contributed by atoms with van der Waals surface area (Å²) in [5.41, 5.74) is 0. The fourth-order valence-corrected chi connectivity index (χ4v) is 7.03. The molecule has 0 spiro atoms. The monoisotopic (exact) mass is 778 g/mol. The molecule has 11 nitrogen and oxygen atoms in total. The molecule has 3 unspecified atom stereocenters. The first kappa shape index (κ1) is 51.5. The Morgan fingerprint density at radius 1 is 0.528 bits per heavy atom. The number of carbonyl (C=O) groups is 3. The number of aliphatic hydroxyl groups is 1. The molecule has 0 heterocycles. The number of amides is 1. The zero-order valence-electron chi connectivity index (χ0n) is 33.8. The van der Waals surface area contributed by atoms with Gasteiger partial charge in [-0.1, -0.05) is 187 Å². The maximum atomic E-state index is 12.3. The number of rotatable bonds is 41. The first-order valence-corrected chi connectivity index (χ1v) is 23.1. The van der Waals surface area contributed by atoms with Crippen LogP contribution in [0.5, 0.6) is 0 Å². The van der Waals surface area contributed by atoms with E-state index in [1.807, 2.05) is 0 Å². The van der Waals surface area contributed by atoms with E-state index in [4.69, 9.17) is 13.8 Å². The number of aliphatic carboxylic acids is 1. The first-order chi connectivity index (χ1) is 25.6. The van der Waals surface area contributed by atoms with E-state index in [0.717, 1.165) is 38.5 Å². The van der Waals surface area contributed by atoms with Crippen molar-refractivity contribution in [1.82, 2.24) is 5.32 Å². The van der Waals surface area contributed by atoms with Gasteiger partial charge in [-0.05, 0) is 12.8 Å². The number of carboxylic acids is 1. The van der Waals surface area contributed by atoms with Gasteiger partial charge in [0, 0.05) is 12.8 Å². The van der Waals surface area contributed by atoms with Gasteiger partial charge in [-0.25, -0.2) is 9.36 Å². The number of ether oxygens (including phenoxy) is 1. The van der Waals surface area contributed by atoms with Gasteiger partial charge in [-0.2, -0.15) is 0 Å². The predicted molar refractivity (Wildman–Crippen MR) is 213 cm³/mol. The molecule has 314 valence electrons. The summed E-state index contributed by atoms with van der Waals surface area (Å²) in [4.78, 5) is 45.8. The molecular formula is C41H80NO10P. The Labute approximate surface area is 323 Å². The Morgan fingerprint density at radius 2 is 0.868 bits per heavy atom. The second-order valence-corrected chi connectivity index (χ2v) is 16.4. The van der Waals surface area contributed by atoms with Crippen molar-refractivity contribution in [3.05, 3.63) is 0 Å². The molecule has 0 aromatic carbocycles. The second-order valence-electron chi connectivity index (χ2n) is 14.9. The van der Waals surface area contributed by atoms with Crippen LogP contribution in [-0.4, -0.2) is 64.9 Å². The van der Waals surface area contributed by atoms with E-state index in [1.165, 1.54) is 135 Å². The van der Waals surface area contributed by atoms with Gasteiger partial charge in [0.15, 0.2) is 6.04 Å². The molecule has 0 aliphatic carbocycles. The van der Waals surface area contributed by atoms with Crippen LogP contribution in [0.4, 0.5) is 0 Å². The summed E-state index contributed by atoms with van der Waals surface area (Å²) in [7, 11) is -4.74. The van der Waals surface area contributed by atoms with Crippen molar-refractivity contribution in [2.24, 2.45) is 0 Å². The van der Waals surface area contributed by atoms with Gasteiger partial charge in [0.1, 0.15) is 12.7 Å². The zero-order valence-corrected chi connectivity index (χ0v) is 34.7. The lowest BCUT2D eigenvalue weighted by Crippen LogP contribution is -2.43. The van der Waals surface area contributed by atoms with Gasteiger partial charge >= 0.3 is 19.8 Å². The molecule has 0 saturated carbocycles. The summed E-state index contributed by atoms with van der Waals surface area (Å²) < 4.78 is 26.8. The Morgan fingerprint density at radius 3 is 1.25 bits per heavy atom. The minimum atomic E-state index is -4.74. The van der Waals surface area contributed by atoms with Gasteiger partial charge < -0.3 is 25.2 Å². The van der Waals surface area contributed by atoms with E-state index in [0.29, 0.717) is 12.8 Å².